The lowest BCUT2D eigenvalue weighted by Gasteiger charge is -2.09. The number of fused-ring (bicyclic) bond motifs is 1. The van der Waals surface area contributed by atoms with E-state index in [9.17, 15) is 9.59 Å². The molecule has 0 saturated heterocycles. The molecule has 0 bridgehead atoms. The Morgan fingerprint density at radius 3 is 3.00 bits per heavy atom. The van der Waals surface area contributed by atoms with Crippen LogP contribution in [0, 0.1) is 13.8 Å². The highest BCUT2D eigenvalue weighted by Crippen LogP contribution is 2.12. The Hall–Kier alpha value is -3.03. The van der Waals surface area contributed by atoms with Gasteiger partial charge in [-0.1, -0.05) is 0 Å². The minimum atomic E-state index is -0.422. The third kappa shape index (κ3) is 3.10. The zero-order valence-corrected chi connectivity index (χ0v) is 12.8. The van der Waals surface area contributed by atoms with E-state index in [0.29, 0.717) is 17.0 Å². The van der Waals surface area contributed by atoms with E-state index in [2.05, 4.69) is 25.5 Å². The zero-order valence-electron chi connectivity index (χ0n) is 12.8. The lowest BCUT2D eigenvalue weighted by molar-refractivity contribution is -0.121. The number of hydrogen-bond acceptors (Lipinski definition) is 5. The number of rotatable bonds is 4. The predicted octanol–water partition coefficient (Wildman–Crippen LogP) is 0.448. The molecule has 23 heavy (non-hydrogen) atoms. The quantitative estimate of drug-likeness (QED) is 0.727. The number of carbonyl (C=O) groups excluding carboxylic acids is 1. The number of pyridine rings is 1. The van der Waals surface area contributed by atoms with Crippen LogP contribution in [0.25, 0.3) is 11.0 Å². The van der Waals surface area contributed by atoms with Gasteiger partial charge in [0.25, 0.3) is 0 Å². The fourth-order valence-electron chi connectivity index (χ4n) is 2.39. The van der Waals surface area contributed by atoms with Gasteiger partial charge in [0.05, 0.1) is 12.2 Å². The fraction of sp³-hybridized carbons (Fsp3) is 0.267. The Bertz CT molecular complexity index is 927. The van der Waals surface area contributed by atoms with Crippen molar-refractivity contribution in [1.29, 1.82) is 0 Å². The molecule has 8 heteroatoms. The van der Waals surface area contributed by atoms with E-state index < -0.39 is 5.69 Å². The molecule has 0 spiro atoms. The maximum Gasteiger partial charge on any atom is 0.348 e. The molecule has 3 aromatic rings. The standard InChI is InChI=1S/C15H16N6O2/c1-9-6-10(2)21(15(23)18-9)8-13(22)17-7-12-11-4-3-5-16-14(11)20-19-12/h3-6H,7-8H2,1-2H3,(H,17,22)(H,16,19,20). The number of aryl methyl sites for hydroxylation is 2. The summed E-state index contributed by atoms with van der Waals surface area (Å²) in [6.07, 6.45) is 1.66. The number of H-pyrrole nitrogens is 1. The van der Waals surface area contributed by atoms with E-state index in [4.69, 9.17) is 0 Å². The first-order valence-corrected chi connectivity index (χ1v) is 7.14. The van der Waals surface area contributed by atoms with Gasteiger partial charge in [-0.15, -0.1) is 0 Å². The molecule has 0 aliphatic rings. The van der Waals surface area contributed by atoms with E-state index in [1.807, 2.05) is 12.1 Å². The summed E-state index contributed by atoms with van der Waals surface area (Å²) in [5, 5.41) is 10.5. The molecule has 2 N–H and O–H groups in total. The monoisotopic (exact) mass is 312 g/mol. The Labute approximate surface area is 131 Å². The van der Waals surface area contributed by atoms with Crippen LogP contribution in [0.15, 0.2) is 29.2 Å². The maximum atomic E-state index is 12.1. The molecule has 8 nitrogen and oxygen atoms in total. The molecular formula is C15H16N6O2. The van der Waals surface area contributed by atoms with Crippen LogP contribution >= 0.6 is 0 Å². The molecule has 3 aromatic heterocycles. The van der Waals surface area contributed by atoms with Crippen molar-refractivity contribution in [3.8, 4) is 0 Å². The van der Waals surface area contributed by atoms with Gasteiger partial charge in [-0.05, 0) is 32.0 Å². The van der Waals surface area contributed by atoms with Crippen molar-refractivity contribution < 1.29 is 4.79 Å². The first-order valence-electron chi connectivity index (χ1n) is 7.14. The van der Waals surface area contributed by atoms with Gasteiger partial charge in [0, 0.05) is 23.0 Å². The van der Waals surface area contributed by atoms with Crippen molar-refractivity contribution in [2.75, 3.05) is 0 Å². The highest BCUT2D eigenvalue weighted by molar-refractivity contribution is 5.79. The fourth-order valence-corrected chi connectivity index (χ4v) is 2.39. The average Bonchev–Trinajstić information content (AvgIpc) is 2.92. The number of nitrogens with zero attached hydrogens (tertiary/aromatic N) is 4. The Kier molecular flexibility index (Phi) is 3.88. The van der Waals surface area contributed by atoms with Gasteiger partial charge in [0.1, 0.15) is 6.54 Å². The van der Waals surface area contributed by atoms with E-state index in [1.54, 1.807) is 26.1 Å². The summed E-state index contributed by atoms with van der Waals surface area (Å²) in [5.74, 6) is -0.271. The van der Waals surface area contributed by atoms with Crippen molar-refractivity contribution >= 4 is 16.9 Å². The second kappa shape index (κ2) is 5.99. The molecule has 0 aliphatic heterocycles. The summed E-state index contributed by atoms with van der Waals surface area (Å²) in [5.41, 5.74) is 2.29. The van der Waals surface area contributed by atoms with E-state index in [-0.39, 0.29) is 19.0 Å². The summed E-state index contributed by atoms with van der Waals surface area (Å²) < 4.78 is 1.34. The first kappa shape index (κ1) is 14.9. The van der Waals surface area contributed by atoms with Gasteiger partial charge in [0.2, 0.25) is 5.91 Å². The maximum absolute atomic E-state index is 12.1. The van der Waals surface area contributed by atoms with Crippen LogP contribution in [0.1, 0.15) is 17.1 Å². The minimum absolute atomic E-state index is 0.0672. The van der Waals surface area contributed by atoms with Crippen LogP contribution in [-0.4, -0.2) is 30.6 Å². The second-order valence-electron chi connectivity index (χ2n) is 5.26. The highest BCUT2D eigenvalue weighted by Gasteiger charge is 2.10. The van der Waals surface area contributed by atoms with Gasteiger partial charge in [-0.25, -0.2) is 9.78 Å². The summed E-state index contributed by atoms with van der Waals surface area (Å²) in [6.45, 7) is 3.74. The smallest absolute Gasteiger partial charge is 0.348 e. The number of aromatic amines is 1. The average molecular weight is 312 g/mol. The molecule has 0 saturated carbocycles. The van der Waals surface area contributed by atoms with Crippen LogP contribution < -0.4 is 11.0 Å². The van der Waals surface area contributed by atoms with E-state index >= 15 is 0 Å². The van der Waals surface area contributed by atoms with Crippen LogP contribution in [-0.2, 0) is 17.9 Å². The normalized spacial score (nSPS) is 10.9. The lowest BCUT2D eigenvalue weighted by Crippen LogP contribution is -2.34. The van der Waals surface area contributed by atoms with Crippen molar-refractivity contribution in [3.05, 3.63) is 52.0 Å². The van der Waals surface area contributed by atoms with Gasteiger partial charge < -0.3 is 5.32 Å². The lowest BCUT2D eigenvalue weighted by atomic mass is 10.2. The molecule has 0 aliphatic carbocycles. The SMILES string of the molecule is Cc1cc(C)n(CC(=O)NCc2[nH]nc3ncccc23)c(=O)n1. The predicted molar refractivity (Wildman–Crippen MR) is 83.7 cm³/mol. The van der Waals surface area contributed by atoms with Crippen LogP contribution in [0.4, 0.5) is 0 Å². The highest BCUT2D eigenvalue weighted by atomic mass is 16.2. The summed E-state index contributed by atoms with van der Waals surface area (Å²) in [7, 11) is 0. The summed E-state index contributed by atoms with van der Waals surface area (Å²) in [4.78, 5) is 31.9. The molecule has 0 fully saturated rings. The van der Waals surface area contributed by atoms with Crippen LogP contribution in [0.5, 0.6) is 0 Å². The molecule has 3 rings (SSSR count). The molecule has 0 atom stereocenters. The van der Waals surface area contributed by atoms with Gasteiger partial charge in [-0.2, -0.15) is 10.1 Å². The molecule has 1 amide bonds. The van der Waals surface area contributed by atoms with Gasteiger partial charge in [-0.3, -0.25) is 14.5 Å². The summed E-state index contributed by atoms with van der Waals surface area (Å²) >= 11 is 0. The molecule has 3 heterocycles. The molecule has 0 unspecified atom stereocenters. The van der Waals surface area contributed by atoms with Gasteiger partial charge >= 0.3 is 5.69 Å². The third-order valence-corrected chi connectivity index (χ3v) is 3.52. The Balaban J connectivity index is 1.70. The molecule has 118 valence electrons. The van der Waals surface area contributed by atoms with Gasteiger partial charge in [0.15, 0.2) is 5.65 Å². The molecular weight excluding hydrogens is 296 g/mol. The first-order chi connectivity index (χ1) is 11.0. The molecule has 0 aromatic carbocycles. The van der Waals surface area contributed by atoms with Crippen LogP contribution in [0.2, 0.25) is 0 Å². The van der Waals surface area contributed by atoms with Crippen molar-refractivity contribution in [2.24, 2.45) is 0 Å². The number of nitrogens with one attached hydrogen (secondary N) is 2. The largest absolute Gasteiger partial charge is 0.349 e. The molecule has 0 radical (unpaired) electrons. The number of carbonyl (C=O) groups is 1. The van der Waals surface area contributed by atoms with Crippen molar-refractivity contribution in [3.63, 3.8) is 0 Å². The Morgan fingerprint density at radius 1 is 1.39 bits per heavy atom. The zero-order chi connectivity index (χ0) is 16.4. The third-order valence-electron chi connectivity index (χ3n) is 3.52. The van der Waals surface area contributed by atoms with E-state index in [0.717, 1.165) is 11.1 Å². The van der Waals surface area contributed by atoms with Crippen molar-refractivity contribution in [2.45, 2.75) is 26.9 Å². The Morgan fingerprint density at radius 2 is 2.22 bits per heavy atom. The van der Waals surface area contributed by atoms with Crippen LogP contribution in [0.3, 0.4) is 0 Å². The topological polar surface area (TPSA) is 106 Å². The number of aromatic nitrogens is 5. The summed E-state index contributed by atoms with van der Waals surface area (Å²) in [6, 6.07) is 5.46. The minimum Gasteiger partial charge on any atom is -0.349 e. The number of amides is 1. The van der Waals surface area contributed by atoms with E-state index in [1.165, 1.54) is 4.57 Å². The number of hydrogen-bond donors (Lipinski definition) is 2. The second-order valence-corrected chi connectivity index (χ2v) is 5.26. The van der Waals surface area contributed by atoms with Crippen molar-refractivity contribution in [1.82, 2.24) is 30.0 Å².